The van der Waals surface area contributed by atoms with E-state index in [4.69, 9.17) is 4.74 Å². The van der Waals surface area contributed by atoms with Gasteiger partial charge in [0.15, 0.2) is 0 Å². The molecule has 0 aromatic heterocycles. The van der Waals surface area contributed by atoms with Gasteiger partial charge in [0.05, 0.1) is 11.4 Å². The van der Waals surface area contributed by atoms with Gasteiger partial charge in [-0.25, -0.2) is 8.42 Å². The van der Waals surface area contributed by atoms with E-state index in [1.807, 2.05) is 51.1 Å². The van der Waals surface area contributed by atoms with Crippen LogP contribution in [0.15, 0.2) is 65.6 Å². The molecule has 3 aromatic rings. The highest BCUT2D eigenvalue weighted by Crippen LogP contribution is 2.22. The van der Waals surface area contributed by atoms with Crippen LogP contribution < -0.4 is 14.8 Å². The molecule has 32 heavy (non-hydrogen) atoms. The van der Waals surface area contributed by atoms with E-state index in [9.17, 15) is 13.2 Å². The molecule has 0 aliphatic heterocycles. The number of anilines is 1. The first-order chi connectivity index (χ1) is 15.2. The molecule has 3 rings (SSSR count). The Morgan fingerprint density at radius 3 is 2.22 bits per heavy atom. The van der Waals surface area contributed by atoms with Gasteiger partial charge >= 0.3 is 0 Å². The summed E-state index contributed by atoms with van der Waals surface area (Å²) in [6.07, 6.45) is 0. The van der Waals surface area contributed by atoms with E-state index in [-0.39, 0.29) is 16.4 Å². The van der Waals surface area contributed by atoms with Gasteiger partial charge in [-0.15, -0.1) is 0 Å². The maximum absolute atomic E-state index is 12.9. The van der Waals surface area contributed by atoms with E-state index in [1.54, 1.807) is 31.2 Å². The largest absolute Gasteiger partial charge is 0.491 e. The topological polar surface area (TPSA) is 84.5 Å². The third-order valence-corrected chi connectivity index (χ3v) is 6.56. The summed E-state index contributed by atoms with van der Waals surface area (Å²) in [4.78, 5) is 12.6. The van der Waals surface area contributed by atoms with Gasteiger partial charge in [-0.3, -0.25) is 9.52 Å². The number of hydrogen-bond acceptors (Lipinski definition) is 4. The SMILES string of the molecule is Cc1ccc(NS(=O)(=O)c2cc(C(=O)NCCOc3cc(C)ccc3C)ccc2C)cc1. The lowest BCUT2D eigenvalue weighted by molar-refractivity contribution is 0.0946. The van der Waals surface area contributed by atoms with Crippen molar-refractivity contribution in [1.29, 1.82) is 0 Å². The number of hydrogen-bond donors (Lipinski definition) is 2. The first-order valence-corrected chi connectivity index (χ1v) is 11.8. The van der Waals surface area contributed by atoms with Crippen molar-refractivity contribution >= 4 is 21.6 Å². The molecule has 0 saturated carbocycles. The number of rotatable bonds is 8. The minimum Gasteiger partial charge on any atom is -0.491 e. The van der Waals surface area contributed by atoms with E-state index in [0.29, 0.717) is 24.4 Å². The van der Waals surface area contributed by atoms with Gasteiger partial charge in [-0.05, 0) is 74.7 Å². The zero-order chi connectivity index (χ0) is 23.3. The van der Waals surface area contributed by atoms with Crippen LogP contribution in [0, 0.1) is 27.7 Å². The van der Waals surface area contributed by atoms with Crippen LogP contribution in [0.1, 0.15) is 32.6 Å². The summed E-state index contributed by atoms with van der Waals surface area (Å²) >= 11 is 0. The standard InChI is InChI=1S/C25H28N2O4S/c1-17-6-11-22(12-7-17)27-32(29,30)24-16-21(10-9-20(24)4)25(28)26-13-14-31-23-15-18(2)5-8-19(23)3/h5-12,15-16,27H,13-14H2,1-4H3,(H,26,28). The molecule has 0 unspecified atom stereocenters. The predicted octanol–water partition coefficient (Wildman–Crippen LogP) is 4.53. The Balaban J connectivity index is 1.65. The number of nitrogens with one attached hydrogen (secondary N) is 2. The Morgan fingerprint density at radius 1 is 0.844 bits per heavy atom. The van der Waals surface area contributed by atoms with Gasteiger partial charge in [-0.1, -0.05) is 35.9 Å². The van der Waals surface area contributed by atoms with E-state index < -0.39 is 10.0 Å². The molecule has 3 aromatic carbocycles. The Hall–Kier alpha value is -3.32. The lowest BCUT2D eigenvalue weighted by atomic mass is 10.1. The average Bonchev–Trinajstić information content (AvgIpc) is 2.75. The van der Waals surface area contributed by atoms with Crippen LogP contribution in [0.4, 0.5) is 5.69 Å². The van der Waals surface area contributed by atoms with Gasteiger partial charge in [0.1, 0.15) is 12.4 Å². The molecule has 1 amide bonds. The van der Waals surface area contributed by atoms with Crippen molar-refractivity contribution in [1.82, 2.24) is 5.32 Å². The van der Waals surface area contributed by atoms with Crippen molar-refractivity contribution in [2.24, 2.45) is 0 Å². The highest BCUT2D eigenvalue weighted by Gasteiger charge is 2.19. The maximum Gasteiger partial charge on any atom is 0.262 e. The molecule has 7 heteroatoms. The molecule has 0 heterocycles. The van der Waals surface area contributed by atoms with Gasteiger partial charge in [0, 0.05) is 11.3 Å². The molecule has 2 N–H and O–H groups in total. The van der Waals surface area contributed by atoms with Crippen LogP contribution in [0.25, 0.3) is 0 Å². The molecular weight excluding hydrogens is 424 g/mol. The summed E-state index contributed by atoms with van der Waals surface area (Å²) in [5.41, 5.74) is 4.45. The fourth-order valence-corrected chi connectivity index (χ4v) is 4.48. The normalized spacial score (nSPS) is 11.1. The maximum atomic E-state index is 12.9. The number of benzene rings is 3. The summed E-state index contributed by atoms with van der Waals surface area (Å²) in [6.45, 7) is 8.18. The van der Waals surface area contributed by atoms with Crippen molar-refractivity contribution in [2.75, 3.05) is 17.9 Å². The fourth-order valence-electron chi connectivity index (χ4n) is 3.15. The summed E-state index contributed by atoms with van der Waals surface area (Å²) in [5.74, 6) is 0.423. The minimum absolute atomic E-state index is 0.0670. The second-order valence-electron chi connectivity index (χ2n) is 7.83. The Labute approximate surface area is 189 Å². The highest BCUT2D eigenvalue weighted by molar-refractivity contribution is 7.92. The third kappa shape index (κ3) is 5.88. The number of carbonyl (C=O) groups is 1. The molecule has 0 bridgehead atoms. The molecule has 0 spiro atoms. The lowest BCUT2D eigenvalue weighted by Crippen LogP contribution is -2.28. The van der Waals surface area contributed by atoms with E-state index in [2.05, 4.69) is 10.0 Å². The monoisotopic (exact) mass is 452 g/mol. The molecule has 0 fully saturated rings. The first kappa shape index (κ1) is 23.3. The summed E-state index contributed by atoms with van der Waals surface area (Å²) in [6, 6.07) is 17.7. The summed E-state index contributed by atoms with van der Waals surface area (Å²) in [5, 5.41) is 2.78. The molecule has 0 atom stereocenters. The Bertz CT molecular complexity index is 1220. The molecule has 0 aliphatic carbocycles. The molecular formula is C25H28N2O4S. The number of sulfonamides is 1. The summed E-state index contributed by atoms with van der Waals surface area (Å²) < 4.78 is 34.1. The number of amides is 1. The molecule has 0 aliphatic rings. The van der Waals surface area contributed by atoms with Crippen LogP contribution in [0.5, 0.6) is 5.75 Å². The quantitative estimate of drug-likeness (QED) is 0.492. The second kappa shape index (κ2) is 9.87. The number of carbonyl (C=O) groups excluding carboxylic acids is 1. The Kier molecular flexibility index (Phi) is 7.20. The van der Waals surface area contributed by atoms with Gasteiger partial charge in [0.25, 0.3) is 15.9 Å². The molecule has 168 valence electrons. The van der Waals surface area contributed by atoms with E-state index >= 15 is 0 Å². The van der Waals surface area contributed by atoms with E-state index in [0.717, 1.165) is 22.4 Å². The van der Waals surface area contributed by atoms with Crippen LogP contribution in [-0.2, 0) is 10.0 Å². The van der Waals surface area contributed by atoms with Crippen LogP contribution in [0.2, 0.25) is 0 Å². The zero-order valence-corrected chi connectivity index (χ0v) is 19.5. The minimum atomic E-state index is -3.84. The van der Waals surface area contributed by atoms with Gasteiger partial charge in [-0.2, -0.15) is 0 Å². The fraction of sp³-hybridized carbons (Fsp3) is 0.240. The van der Waals surface area contributed by atoms with Crippen LogP contribution in [0.3, 0.4) is 0 Å². The van der Waals surface area contributed by atoms with Crippen molar-refractivity contribution in [3.8, 4) is 5.75 Å². The summed E-state index contributed by atoms with van der Waals surface area (Å²) in [7, 11) is -3.84. The van der Waals surface area contributed by atoms with Crippen LogP contribution in [-0.4, -0.2) is 27.5 Å². The number of aryl methyl sites for hydroxylation is 4. The predicted molar refractivity (Wildman–Crippen MR) is 127 cm³/mol. The second-order valence-corrected chi connectivity index (χ2v) is 9.48. The van der Waals surface area contributed by atoms with Gasteiger partial charge in [0.2, 0.25) is 0 Å². The third-order valence-electron chi connectivity index (χ3n) is 5.03. The van der Waals surface area contributed by atoms with E-state index in [1.165, 1.54) is 6.07 Å². The van der Waals surface area contributed by atoms with Crippen LogP contribution >= 0.6 is 0 Å². The average molecular weight is 453 g/mol. The Morgan fingerprint density at radius 2 is 1.50 bits per heavy atom. The first-order valence-electron chi connectivity index (χ1n) is 10.3. The highest BCUT2D eigenvalue weighted by atomic mass is 32.2. The molecule has 0 radical (unpaired) electrons. The zero-order valence-electron chi connectivity index (χ0n) is 18.7. The van der Waals surface area contributed by atoms with Crippen molar-refractivity contribution < 1.29 is 17.9 Å². The lowest BCUT2D eigenvalue weighted by Gasteiger charge is -2.13. The van der Waals surface area contributed by atoms with Crippen molar-refractivity contribution in [3.63, 3.8) is 0 Å². The smallest absolute Gasteiger partial charge is 0.262 e. The molecule has 6 nitrogen and oxygen atoms in total. The molecule has 0 saturated heterocycles. The number of ether oxygens (including phenoxy) is 1. The van der Waals surface area contributed by atoms with Crippen molar-refractivity contribution in [3.05, 3.63) is 88.5 Å². The van der Waals surface area contributed by atoms with Crippen molar-refractivity contribution in [2.45, 2.75) is 32.6 Å². The van der Waals surface area contributed by atoms with Gasteiger partial charge < -0.3 is 10.1 Å².